The molecule has 0 saturated heterocycles. The van der Waals surface area contributed by atoms with Crippen molar-refractivity contribution in [2.75, 3.05) is 6.54 Å². The van der Waals surface area contributed by atoms with Gasteiger partial charge in [-0.25, -0.2) is 4.79 Å². The van der Waals surface area contributed by atoms with Crippen molar-refractivity contribution in [1.82, 2.24) is 16.0 Å². The fraction of sp³-hybridized carbons (Fsp3) is 0.467. The molecule has 11 nitrogen and oxygen atoms in total. The molecule has 0 aliphatic heterocycles. The van der Waals surface area contributed by atoms with E-state index in [2.05, 4.69) is 16.0 Å². The zero-order chi connectivity index (χ0) is 30.4. The molecule has 4 unspecified atom stereocenters. The predicted molar refractivity (Wildman–Crippen MR) is 156 cm³/mol. The normalized spacial score (nSPS) is 14.0. The molecule has 2 aromatic rings. The summed E-state index contributed by atoms with van der Waals surface area (Å²) in [5.41, 5.74) is 13.0. The molecule has 4 atom stereocenters. The van der Waals surface area contributed by atoms with E-state index in [0.717, 1.165) is 5.56 Å². The highest BCUT2D eigenvalue weighted by Crippen LogP contribution is 2.13. The first kappa shape index (κ1) is 33.2. The average Bonchev–Trinajstić information content (AvgIpc) is 2.92. The number of hydrogen-bond acceptors (Lipinski definition) is 7. The SMILES string of the molecule is CC(C)CC(N)C(=O)NC(Cc1ccccc1)C(=O)NC(Cc1ccc(O)cc1)C(=O)NC(CCCCN)C(=O)O. The second kappa shape index (κ2) is 17.0. The van der Waals surface area contributed by atoms with Gasteiger partial charge in [0.1, 0.15) is 23.9 Å². The second-order valence-corrected chi connectivity index (χ2v) is 10.6. The van der Waals surface area contributed by atoms with Gasteiger partial charge in [0.15, 0.2) is 0 Å². The molecular weight excluding hydrogens is 526 g/mol. The molecular formula is C30H43N5O6. The van der Waals surface area contributed by atoms with Gasteiger partial charge in [-0.15, -0.1) is 0 Å². The minimum Gasteiger partial charge on any atom is -0.508 e. The van der Waals surface area contributed by atoms with Gasteiger partial charge in [0.25, 0.3) is 0 Å². The first-order chi connectivity index (χ1) is 19.5. The Hall–Kier alpha value is -3.96. The van der Waals surface area contributed by atoms with Gasteiger partial charge in [-0.3, -0.25) is 14.4 Å². The lowest BCUT2D eigenvalue weighted by Gasteiger charge is -2.26. The number of phenolic OH excluding ortho intramolecular Hbond substituents is 1. The minimum absolute atomic E-state index is 0.0197. The molecule has 224 valence electrons. The van der Waals surface area contributed by atoms with Gasteiger partial charge >= 0.3 is 5.97 Å². The van der Waals surface area contributed by atoms with Crippen LogP contribution in [-0.2, 0) is 32.0 Å². The van der Waals surface area contributed by atoms with Crippen molar-refractivity contribution in [3.8, 4) is 5.75 Å². The molecule has 9 N–H and O–H groups in total. The van der Waals surface area contributed by atoms with Gasteiger partial charge in [-0.05, 0) is 61.4 Å². The van der Waals surface area contributed by atoms with Crippen LogP contribution in [0.3, 0.4) is 0 Å². The first-order valence-electron chi connectivity index (χ1n) is 13.9. The van der Waals surface area contributed by atoms with Crippen LogP contribution in [0.5, 0.6) is 5.75 Å². The van der Waals surface area contributed by atoms with Crippen molar-refractivity contribution in [2.24, 2.45) is 17.4 Å². The minimum atomic E-state index is -1.20. The van der Waals surface area contributed by atoms with Crippen LogP contribution in [0.4, 0.5) is 0 Å². The van der Waals surface area contributed by atoms with Crippen LogP contribution < -0.4 is 27.4 Å². The van der Waals surface area contributed by atoms with Crippen LogP contribution in [0.15, 0.2) is 54.6 Å². The number of unbranched alkanes of at least 4 members (excludes halogenated alkanes) is 1. The Bertz CT molecular complexity index is 1130. The Morgan fingerprint density at radius 3 is 1.78 bits per heavy atom. The summed E-state index contributed by atoms with van der Waals surface area (Å²) in [5, 5.41) is 27.3. The van der Waals surface area contributed by atoms with E-state index in [9.17, 15) is 29.4 Å². The summed E-state index contributed by atoms with van der Waals surface area (Å²) >= 11 is 0. The van der Waals surface area contributed by atoms with Gasteiger partial charge in [0, 0.05) is 12.8 Å². The lowest BCUT2D eigenvalue weighted by atomic mass is 10.0. The Labute approximate surface area is 241 Å². The number of hydrogen-bond donors (Lipinski definition) is 7. The van der Waals surface area contributed by atoms with Crippen molar-refractivity contribution in [3.63, 3.8) is 0 Å². The number of nitrogens with two attached hydrogens (primary N) is 2. The quantitative estimate of drug-likeness (QED) is 0.138. The van der Waals surface area contributed by atoms with E-state index >= 15 is 0 Å². The van der Waals surface area contributed by atoms with E-state index in [1.54, 1.807) is 12.1 Å². The number of carbonyl (C=O) groups is 4. The van der Waals surface area contributed by atoms with Crippen LogP contribution in [0.1, 0.15) is 50.7 Å². The molecule has 0 saturated carbocycles. The van der Waals surface area contributed by atoms with E-state index in [4.69, 9.17) is 11.5 Å². The highest BCUT2D eigenvalue weighted by Gasteiger charge is 2.30. The van der Waals surface area contributed by atoms with Crippen LogP contribution >= 0.6 is 0 Å². The zero-order valence-corrected chi connectivity index (χ0v) is 23.7. The van der Waals surface area contributed by atoms with Crippen molar-refractivity contribution >= 4 is 23.7 Å². The molecule has 0 bridgehead atoms. The maximum absolute atomic E-state index is 13.6. The monoisotopic (exact) mass is 569 g/mol. The Morgan fingerprint density at radius 1 is 0.756 bits per heavy atom. The number of aliphatic carboxylic acids is 1. The van der Waals surface area contributed by atoms with Gasteiger partial charge in [-0.2, -0.15) is 0 Å². The summed E-state index contributed by atoms with van der Waals surface area (Å²) in [7, 11) is 0. The second-order valence-electron chi connectivity index (χ2n) is 10.6. The summed E-state index contributed by atoms with van der Waals surface area (Å²) in [5.74, 6) is -2.78. The molecule has 41 heavy (non-hydrogen) atoms. The van der Waals surface area contributed by atoms with Crippen LogP contribution in [0, 0.1) is 5.92 Å². The summed E-state index contributed by atoms with van der Waals surface area (Å²) in [6.07, 6.45) is 1.89. The topological polar surface area (TPSA) is 197 Å². The van der Waals surface area contributed by atoms with Gasteiger partial charge in [-0.1, -0.05) is 56.3 Å². The molecule has 2 rings (SSSR count). The van der Waals surface area contributed by atoms with Crippen molar-refractivity contribution in [1.29, 1.82) is 0 Å². The lowest BCUT2D eigenvalue weighted by molar-refractivity contribution is -0.142. The maximum atomic E-state index is 13.6. The number of carboxylic acids is 1. The predicted octanol–water partition coefficient (Wildman–Crippen LogP) is 1.22. The number of carboxylic acid groups (broad SMARTS) is 1. The highest BCUT2D eigenvalue weighted by atomic mass is 16.4. The van der Waals surface area contributed by atoms with Gasteiger partial charge in [0.2, 0.25) is 17.7 Å². The van der Waals surface area contributed by atoms with Crippen molar-refractivity contribution in [2.45, 2.75) is 76.5 Å². The number of aromatic hydroxyl groups is 1. The zero-order valence-electron chi connectivity index (χ0n) is 23.7. The Balaban J connectivity index is 2.30. The lowest BCUT2D eigenvalue weighted by Crippen LogP contribution is -2.58. The van der Waals surface area contributed by atoms with E-state index in [1.807, 2.05) is 44.2 Å². The Morgan fingerprint density at radius 2 is 1.27 bits per heavy atom. The molecule has 0 heterocycles. The number of nitrogens with one attached hydrogen (secondary N) is 3. The average molecular weight is 570 g/mol. The van der Waals surface area contributed by atoms with Crippen LogP contribution in [0.25, 0.3) is 0 Å². The fourth-order valence-corrected chi connectivity index (χ4v) is 4.32. The molecule has 11 heteroatoms. The van der Waals surface area contributed by atoms with Crippen molar-refractivity contribution < 1.29 is 29.4 Å². The molecule has 0 aliphatic carbocycles. The smallest absolute Gasteiger partial charge is 0.326 e. The summed E-state index contributed by atoms with van der Waals surface area (Å²) in [4.78, 5) is 51.7. The number of benzene rings is 2. The molecule has 0 radical (unpaired) electrons. The Kier molecular flexibility index (Phi) is 13.8. The standard InChI is InChI=1S/C30H43N5O6/c1-19(2)16-23(32)27(37)34-25(17-20-8-4-3-5-9-20)29(39)35-26(18-21-11-13-22(36)14-12-21)28(38)33-24(30(40)41)10-6-7-15-31/h3-5,8-9,11-14,19,23-26,36H,6-7,10,15-18,31-32H2,1-2H3,(H,33,38)(H,34,37)(H,35,39)(H,40,41). The van der Waals surface area contributed by atoms with Gasteiger partial charge < -0.3 is 37.6 Å². The van der Waals surface area contributed by atoms with E-state index in [-0.39, 0.29) is 30.9 Å². The first-order valence-corrected chi connectivity index (χ1v) is 13.9. The molecule has 0 aliphatic rings. The number of phenols is 1. The van der Waals surface area contributed by atoms with E-state index in [1.165, 1.54) is 12.1 Å². The third kappa shape index (κ3) is 12.0. The number of rotatable bonds is 17. The number of carbonyl (C=O) groups excluding carboxylic acids is 3. The van der Waals surface area contributed by atoms with E-state index < -0.39 is 47.9 Å². The highest BCUT2D eigenvalue weighted by molar-refractivity contribution is 5.94. The maximum Gasteiger partial charge on any atom is 0.326 e. The summed E-state index contributed by atoms with van der Waals surface area (Å²) in [6.45, 7) is 4.28. The largest absolute Gasteiger partial charge is 0.508 e. The molecule has 0 fully saturated rings. The summed E-state index contributed by atoms with van der Waals surface area (Å²) < 4.78 is 0. The molecule has 3 amide bonds. The number of amides is 3. The molecule has 0 spiro atoms. The van der Waals surface area contributed by atoms with Crippen molar-refractivity contribution in [3.05, 3.63) is 65.7 Å². The van der Waals surface area contributed by atoms with Gasteiger partial charge in [0.05, 0.1) is 6.04 Å². The molecule has 2 aromatic carbocycles. The molecule has 0 aromatic heterocycles. The van der Waals surface area contributed by atoms with Crippen LogP contribution in [-0.4, -0.2) is 64.6 Å². The fourth-order valence-electron chi connectivity index (χ4n) is 4.32. The summed E-state index contributed by atoms with van der Waals surface area (Å²) in [6, 6.07) is 11.0. The van der Waals surface area contributed by atoms with Crippen LogP contribution in [0.2, 0.25) is 0 Å². The third-order valence-electron chi connectivity index (χ3n) is 6.55. The van der Waals surface area contributed by atoms with E-state index in [0.29, 0.717) is 31.4 Å². The third-order valence-corrected chi connectivity index (χ3v) is 6.55.